The van der Waals surface area contributed by atoms with Gasteiger partial charge in [-0.1, -0.05) is 25.3 Å². The number of phenols is 1. The molecule has 1 fully saturated rings. The number of hydrogen-bond acceptors (Lipinski definition) is 4. The van der Waals surface area contributed by atoms with E-state index < -0.39 is 5.60 Å². The Hall–Kier alpha value is -1.68. The third-order valence-corrected chi connectivity index (χ3v) is 3.96. The van der Waals surface area contributed by atoms with E-state index in [2.05, 4.69) is 5.32 Å². The highest BCUT2D eigenvalue weighted by molar-refractivity contribution is 5.73. The van der Waals surface area contributed by atoms with E-state index in [1.165, 1.54) is 13.5 Å². The van der Waals surface area contributed by atoms with Crippen LogP contribution in [-0.4, -0.2) is 30.0 Å². The SMILES string of the molecule is CN/C=C(\c1ccc(OC)c(O)c1)C1(O)CCCCC1. The van der Waals surface area contributed by atoms with E-state index in [1.54, 1.807) is 12.1 Å². The Morgan fingerprint density at radius 2 is 2.00 bits per heavy atom. The lowest BCUT2D eigenvalue weighted by Gasteiger charge is -2.34. The normalized spacial score (nSPS) is 18.6. The van der Waals surface area contributed by atoms with Crippen molar-refractivity contribution in [2.24, 2.45) is 0 Å². The maximum Gasteiger partial charge on any atom is 0.160 e. The molecule has 0 aliphatic heterocycles. The van der Waals surface area contributed by atoms with Crippen LogP contribution in [0.15, 0.2) is 24.4 Å². The third-order valence-electron chi connectivity index (χ3n) is 3.96. The zero-order valence-electron chi connectivity index (χ0n) is 12.1. The minimum absolute atomic E-state index is 0.0893. The fourth-order valence-electron chi connectivity index (χ4n) is 2.89. The lowest BCUT2D eigenvalue weighted by Crippen LogP contribution is -2.33. The van der Waals surface area contributed by atoms with Gasteiger partial charge in [-0.2, -0.15) is 0 Å². The van der Waals surface area contributed by atoms with Crippen LogP contribution in [0.3, 0.4) is 0 Å². The summed E-state index contributed by atoms with van der Waals surface area (Å²) in [7, 11) is 3.34. The molecule has 0 unspecified atom stereocenters. The van der Waals surface area contributed by atoms with Crippen molar-refractivity contribution in [1.82, 2.24) is 5.32 Å². The van der Waals surface area contributed by atoms with Crippen molar-refractivity contribution in [2.45, 2.75) is 37.7 Å². The first-order chi connectivity index (χ1) is 9.60. The van der Waals surface area contributed by atoms with Crippen molar-refractivity contribution in [3.05, 3.63) is 30.0 Å². The molecule has 0 saturated heterocycles. The van der Waals surface area contributed by atoms with Crippen LogP contribution in [-0.2, 0) is 0 Å². The summed E-state index contributed by atoms with van der Waals surface area (Å²) in [6.07, 6.45) is 6.57. The van der Waals surface area contributed by atoms with Gasteiger partial charge in [0.05, 0.1) is 12.7 Å². The average molecular weight is 277 g/mol. The zero-order chi connectivity index (χ0) is 14.6. The second kappa shape index (κ2) is 6.18. The Balaban J connectivity index is 2.38. The minimum Gasteiger partial charge on any atom is -0.504 e. The standard InChI is InChI=1S/C16H23NO3/c1-17-11-13(16(19)8-4-3-5-9-16)12-6-7-15(20-2)14(18)10-12/h6-7,10-11,17-19H,3-5,8-9H2,1-2H3/b13-11+. The molecule has 1 saturated carbocycles. The van der Waals surface area contributed by atoms with Crippen LogP contribution in [0.5, 0.6) is 11.5 Å². The van der Waals surface area contributed by atoms with Gasteiger partial charge < -0.3 is 20.3 Å². The molecule has 3 N–H and O–H groups in total. The molecule has 0 spiro atoms. The molecule has 0 aromatic heterocycles. The van der Waals surface area contributed by atoms with Gasteiger partial charge in [-0.25, -0.2) is 0 Å². The van der Waals surface area contributed by atoms with E-state index in [1.807, 2.05) is 19.3 Å². The first-order valence-electron chi connectivity index (χ1n) is 7.08. The summed E-state index contributed by atoms with van der Waals surface area (Å²) >= 11 is 0. The van der Waals surface area contributed by atoms with E-state index in [4.69, 9.17) is 4.74 Å². The van der Waals surface area contributed by atoms with Crippen LogP contribution in [0.4, 0.5) is 0 Å². The molecule has 20 heavy (non-hydrogen) atoms. The molecule has 1 aromatic rings. The third kappa shape index (κ3) is 2.90. The lowest BCUT2D eigenvalue weighted by molar-refractivity contribution is 0.0611. The first kappa shape index (κ1) is 14.7. The van der Waals surface area contributed by atoms with Gasteiger partial charge in [0.15, 0.2) is 11.5 Å². The summed E-state index contributed by atoms with van der Waals surface area (Å²) in [5.74, 6) is 0.527. The quantitative estimate of drug-likeness (QED) is 0.792. The van der Waals surface area contributed by atoms with Crippen LogP contribution in [0.2, 0.25) is 0 Å². The number of methoxy groups -OCH3 is 1. The number of hydrogen-bond donors (Lipinski definition) is 3. The summed E-state index contributed by atoms with van der Waals surface area (Å²) in [5, 5.41) is 23.9. The van der Waals surface area contributed by atoms with Crippen molar-refractivity contribution < 1.29 is 14.9 Å². The summed E-state index contributed by atoms with van der Waals surface area (Å²) in [5.41, 5.74) is 0.835. The van der Waals surface area contributed by atoms with Crippen LogP contribution in [0.1, 0.15) is 37.7 Å². The van der Waals surface area contributed by atoms with Gasteiger partial charge in [0.2, 0.25) is 0 Å². The number of phenolic OH excluding ortho intramolecular Hbond substituents is 1. The van der Waals surface area contributed by atoms with Gasteiger partial charge in [0, 0.05) is 18.8 Å². The molecule has 1 aliphatic carbocycles. The van der Waals surface area contributed by atoms with E-state index >= 15 is 0 Å². The largest absolute Gasteiger partial charge is 0.504 e. The summed E-state index contributed by atoms with van der Waals surface area (Å²) in [4.78, 5) is 0. The van der Waals surface area contributed by atoms with Gasteiger partial charge in [0.25, 0.3) is 0 Å². The smallest absolute Gasteiger partial charge is 0.160 e. The molecule has 4 nitrogen and oxygen atoms in total. The minimum atomic E-state index is -0.817. The van der Waals surface area contributed by atoms with Crippen molar-refractivity contribution in [3.63, 3.8) is 0 Å². The Morgan fingerprint density at radius 3 is 2.55 bits per heavy atom. The number of rotatable bonds is 4. The van der Waals surface area contributed by atoms with Crippen LogP contribution in [0.25, 0.3) is 5.57 Å². The Bertz CT molecular complexity index is 490. The molecular weight excluding hydrogens is 254 g/mol. The van der Waals surface area contributed by atoms with Gasteiger partial charge >= 0.3 is 0 Å². The van der Waals surface area contributed by atoms with Crippen molar-refractivity contribution in [1.29, 1.82) is 0 Å². The highest BCUT2D eigenvalue weighted by Crippen LogP contribution is 2.40. The second-order valence-electron chi connectivity index (χ2n) is 5.33. The maximum atomic E-state index is 10.9. The van der Waals surface area contributed by atoms with Gasteiger partial charge in [-0.3, -0.25) is 0 Å². The summed E-state index contributed by atoms with van der Waals surface area (Å²) in [6.45, 7) is 0. The molecule has 0 bridgehead atoms. The van der Waals surface area contributed by atoms with Gasteiger partial charge in [0.1, 0.15) is 0 Å². The van der Waals surface area contributed by atoms with Gasteiger partial charge in [-0.05, 0) is 30.5 Å². The van der Waals surface area contributed by atoms with Crippen molar-refractivity contribution in [2.75, 3.05) is 14.2 Å². The Labute approximate surface area is 120 Å². The molecule has 0 radical (unpaired) electrons. The summed E-state index contributed by atoms with van der Waals surface area (Å²) < 4.78 is 5.06. The number of aliphatic hydroxyl groups is 1. The second-order valence-corrected chi connectivity index (χ2v) is 5.33. The fourth-order valence-corrected chi connectivity index (χ4v) is 2.89. The maximum absolute atomic E-state index is 10.9. The topological polar surface area (TPSA) is 61.7 Å². The van der Waals surface area contributed by atoms with Crippen molar-refractivity contribution in [3.8, 4) is 11.5 Å². The number of ether oxygens (including phenoxy) is 1. The number of nitrogens with one attached hydrogen (secondary N) is 1. The zero-order valence-corrected chi connectivity index (χ0v) is 12.1. The van der Waals surface area contributed by atoms with Crippen LogP contribution < -0.4 is 10.1 Å². The molecule has 4 heteroatoms. The van der Waals surface area contributed by atoms with Gasteiger partial charge in [-0.15, -0.1) is 0 Å². The molecular formula is C16H23NO3. The fraction of sp³-hybridized carbons (Fsp3) is 0.500. The number of benzene rings is 1. The van der Waals surface area contributed by atoms with Crippen LogP contribution >= 0.6 is 0 Å². The molecule has 0 atom stereocenters. The molecule has 0 amide bonds. The summed E-state index contributed by atoms with van der Waals surface area (Å²) in [6, 6.07) is 5.24. The molecule has 110 valence electrons. The van der Waals surface area contributed by atoms with Crippen molar-refractivity contribution >= 4 is 5.57 Å². The lowest BCUT2D eigenvalue weighted by atomic mass is 9.77. The van der Waals surface area contributed by atoms with E-state index in [0.29, 0.717) is 5.75 Å². The predicted octanol–water partition coefficient (Wildman–Crippen LogP) is 2.66. The molecule has 1 aromatic carbocycles. The Morgan fingerprint density at radius 1 is 1.30 bits per heavy atom. The van der Waals surface area contributed by atoms with E-state index in [0.717, 1.165) is 36.8 Å². The predicted molar refractivity (Wildman–Crippen MR) is 79.7 cm³/mol. The first-order valence-corrected chi connectivity index (χ1v) is 7.08. The highest BCUT2D eigenvalue weighted by atomic mass is 16.5. The highest BCUT2D eigenvalue weighted by Gasteiger charge is 2.34. The average Bonchev–Trinajstić information content (AvgIpc) is 2.45. The number of aromatic hydroxyl groups is 1. The van der Waals surface area contributed by atoms with Crippen LogP contribution in [0, 0.1) is 0 Å². The molecule has 0 heterocycles. The van der Waals surface area contributed by atoms with E-state index in [9.17, 15) is 10.2 Å². The van der Waals surface area contributed by atoms with E-state index in [-0.39, 0.29) is 5.75 Å². The molecule has 2 rings (SSSR count). The monoisotopic (exact) mass is 277 g/mol. The Kier molecular flexibility index (Phi) is 4.55. The molecule has 1 aliphatic rings.